The lowest BCUT2D eigenvalue weighted by atomic mass is 10.1. The van der Waals surface area contributed by atoms with Gasteiger partial charge >= 0.3 is 12.1 Å². The van der Waals surface area contributed by atoms with Crippen molar-refractivity contribution >= 4 is 17.6 Å². The lowest BCUT2D eigenvalue weighted by molar-refractivity contribution is -0.142. The van der Waals surface area contributed by atoms with Crippen LogP contribution < -0.4 is 5.32 Å². The van der Waals surface area contributed by atoms with Gasteiger partial charge in [0, 0.05) is 6.20 Å². The molecule has 0 spiro atoms. The molecule has 1 aromatic heterocycles. The van der Waals surface area contributed by atoms with Gasteiger partial charge in [0.25, 0.3) is 0 Å². The number of alkyl halides is 3. The molecule has 0 bridgehead atoms. The summed E-state index contributed by atoms with van der Waals surface area (Å²) >= 11 is 0. The summed E-state index contributed by atoms with van der Waals surface area (Å²) in [6.45, 7) is 2.06. The molecule has 1 aliphatic rings. The summed E-state index contributed by atoms with van der Waals surface area (Å²) in [5.74, 6) is -3.09. The standard InChI is InChI=1S/C12H14F3N3O3/c1-11(2)7(8(11)10(20)21)9(19)17-6-3-16-18(4-6)5-12(13,14)15/h3-4,7-8H,5H2,1-2H3,(H,17,19)(H,20,21)/t7-,8+/m1/s1. The third-order valence-corrected chi connectivity index (χ3v) is 3.62. The summed E-state index contributed by atoms with van der Waals surface area (Å²) in [5, 5.41) is 14.9. The van der Waals surface area contributed by atoms with Crippen molar-refractivity contribution in [1.82, 2.24) is 9.78 Å². The third-order valence-electron chi connectivity index (χ3n) is 3.62. The molecule has 0 saturated heterocycles. The van der Waals surface area contributed by atoms with E-state index in [0.29, 0.717) is 4.68 Å². The first-order valence-electron chi connectivity index (χ1n) is 6.15. The number of anilines is 1. The molecule has 0 unspecified atom stereocenters. The Balaban J connectivity index is 2.00. The molecule has 2 atom stereocenters. The van der Waals surface area contributed by atoms with Crippen molar-refractivity contribution in [2.24, 2.45) is 17.3 Å². The topological polar surface area (TPSA) is 84.2 Å². The van der Waals surface area contributed by atoms with Crippen LogP contribution in [0.1, 0.15) is 13.8 Å². The first-order chi connectivity index (χ1) is 9.52. The van der Waals surface area contributed by atoms with Gasteiger partial charge in [-0.1, -0.05) is 13.8 Å². The van der Waals surface area contributed by atoms with E-state index in [-0.39, 0.29) is 5.69 Å². The van der Waals surface area contributed by atoms with E-state index in [2.05, 4.69) is 10.4 Å². The van der Waals surface area contributed by atoms with Crippen LogP contribution in [0.25, 0.3) is 0 Å². The van der Waals surface area contributed by atoms with Crippen LogP contribution in [0.2, 0.25) is 0 Å². The van der Waals surface area contributed by atoms with Crippen LogP contribution in [0, 0.1) is 17.3 Å². The summed E-state index contributed by atoms with van der Waals surface area (Å²) in [5.41, 5.74) is -0.561. The molecular weight excluding hydrogens is 291 g/mol. The number of aliphatic carboxylic acids is 1. The number of carbonyl (C=O) groups excluding carboxylic acids is 1. The zero-order valence-corrected chi connectivity index (χ0v) is 11.3. The van der Waals surface area contributed by atoms with Gasteiger partial charge in [-0.2, -0.15) is 18.3 Å². The second-order valence-corrected chi connectivity index (χ2v) is 5.65. The van der Waals surface area contributed by atoms with Crippen molar-refractivity contribution in [2.45, 2.75) is 26.6 Å². The van der Waals surface area contributed by atoms with E-state index in [1.165, 1.54) is 0 Å². The molecule has 2 N–H and O–H groups in total. The molecule has 1 amide bonds. The Morgan fingerprint density at radius 2 is 2.05 bits per heavy atom. The molecule has 0 aromatic carbocycles. The predicted octanol–water partition coefficient (Wildman–Crippen LogP) is 1.74. The molecule has 0 aliphatic heterocycles. The monoisotopic (exact) mass is 305 g/mol. The van der Waals surface area contributed by atoms with Crippen molar-refractivity contribution < 1.29 is 27.9 Å². The molecule has 1 aliphatic carbocycles. The van der Waals surface area contributed by atoms with Crippen molar-refractivity contribution in [2.75, 3.05) is 5.32 Å². The predicted molar refractivity (Wildman–Crippen MR) is 65.3 cm³/mol. The lowest BCUT2D eigenvalue weighted by Crippen LogP contribution is -2.18. The van der Waals surface area contributed by atoms with E-state index in [4.69, 9.17) is 5.11 Å². The number of halogens is 3. The minimum absolute atomic E-state index is 0.107. The summed E-state index contributed by atoms with van der Waals surface area (Å²) in [6.07, 6.45) is -2.26. The number of amides is 1. The summed E-state index contributed by atoms with van der Waals surface area (Å²) in [6, 6.07) is 0. The van der Waals surface area contributed by atoms with Crippen molar-refractivity contribution in [1.29, 1.82) is 0 Å². The SMILES string of the molecule is CC1(C)[C@H](C(=O)O)[C@@H]1C(=O)Nc1cnn(CC(F)(F)F)c1. The maximum Gasteiger partial charge on any atom is 0.408 e. The van der Waals surface area contributed by atoms with Gasteiger partial charge < -0.3 is 10.4 Å². The van der Waals surface area contributed by atoms with E-state index in [0.717, 1.165) is 12.4 Å². The minimum Gasteiger partial charge on any atom is -0.481 e. The third kappa shape index (κ3) is 3.17. The highest BCUT2D eigenvalue weighted by atomic mass is 19.4. The van der Waals surface area contributed by atoms with E-state index >= 15 is 0 Å². The van der Waals surface area contributed by atoms with Gasteiger partial charge in [0.05, 0.1) is 23.7 Å². The number of carbonyl (C=O) groups is 2. The maximum absolute atomic E-state index is 12.2. The Morgan fingerprint density at radius 3 is 2.52 bits per heavy atom. The van der Waals surface area contributed by atoms with Crippen molar-refractivity contribution in [3.05, 3.63) is 12.4 Å². The molecule has 1 fully saturated rings. The Kier molecular flexibility index (Phi) is 3.46. The van der Waals surface area contributed by atoms with Gasteiger partial charge in [-0.3, -0.25) is 14.3 Å². The van der Waals surface area contributed by atoms with E-state index < -0.39 is 41.8 Å². The molecule has 2 rings (SSSR count). The zero-order valence-electron chi connectivity index (χ0n) is 11.3. The van der Waals surface area contributed by atoms with Gasteiger partial charge in [-0.25, -0.2) is 0 Å². The summed E-state index contributed by atoms with van der Waals surface area (Å²) in [7, 11) is 0. The number of hydrogen-bond donors (Lipinski definition) is 2. The van der Waals surface area contributed by atoms with Crippen LogP contribution in [0.4, 0.5) is 18.9 Å². The molecule has 1 heterocycles. The zero-order chi connectivity index (χ0) is 16.0. The lowest BCUT2D eigenvalue weighted by Gasteiger charge is -2.05. The van der Waals surface area contributed by atoms with Crippen LogP contribution >= 0.6 is 0 Å². The quantitative estimate of drug-likeness (QED) is 0.887. The molecule has 0 radical (unpaired) electrons. The van der Waals surface area contributed by atoms with Gasteiger partial charge in [0.2, 0.25) is 5.91 Å². The smallest absolute Gasteiger partial charge is 0.408 e. The van der Waals surface area contributed by atoms with E-state index in [1.54, 1.807) is 13.8 Å². The fourth-order valence-electron chi connectivity index (χ4n) is 2.51. The number of nitrogens with zero attached hydrogens (tertiary/aromatic N) is 2. The molecule has 21 heavy (non-hydrogen) atoms. The summed E-state index contributed by atoms with van der Waals surface area (Å²) in [4.78, 5) is 22.9. The van der Waals surface area contributed by atoms with Gasteiger partial charge in [-0.15, -0.1) is 0 Å². The van der Waals surface area contributed by atoms with Crippen LogP contribution in [0.5, 0.6) is 0 Å². The van der Waals surface area contributed by atoms with Crippen molar-refractivity contribution in [3.63, 3.8) is 0 Å². The Hall–Kier alpha value is -2.06. The highest BCUT2D eigenvalue weighted by Crippen LogP contribution is 2.58. The van der Waals surface area contributed by atoms with Crippen LogP contribution in [-0.4, -0.2) is 32.9 Å². The molecular formula is C12H14F3N3O3. The van der Waals surface area contributed by atoms with Crippen molar-refractivity contribution in [3.8, 4) is 0 Å². The highest BCUT2D eigenvalue weighted by molar-refractivity contribution is 5.99. The number of nitrogens with one attached hydrogen (secondary N) is 1. The van der Waals surface area contributed by atoms with Crippen LogP contribution in [0.3, 0.4) is 0 Å². The molecule has 6 nitrogen and oxygen atoms in total. The molecule has 1 saturated carbocycles. The highest BCUT2D eigenvalue weighted by Gasteiger charge is 2.65. The molecule has 116 valence electrons. The van der Waals surface area contributed by atoms with Crippen LogP contribution in [0.15, 0.2) is 12.4 Å². The fraction of sp³-hybridized carbons (Fsp3) is 0.583. The van der Waals surface area contributed by atoms with E-state index in [9.17, 15) is 22.8 Å². The normalized spacial score (nSPS) is 23.7. The molecule has 9 heteroatoms. The average Bonchev–Trinajstić information content (AvgIpc) is 2.62. The maximum atomic E-state index is 12.2. The van der Waals surface area contributed by atoms with Gasteiger partial charge in [-0.05, 0) is 5.41 Å². The van der Waals surface area contributed by atoms with Crippen LogP contribution in [-0.2, 0) is 16.1 Å². The number of rotatable bonds is 4. The Labute approximate surface area is 117 Å². The average molecular weight is 305 g/mol. The second-order valence-electron chi connectivity index (χ2n) is 5.65. The Bertz CT molecular complexity index is 580. The minimum atomic E-state index is -4.40. The summed E-state index contributed by atoms with van der Waals surface area (Å²) < 4.78 is 37.2. The van der Waals surface area contributed by atoms with Gasteiger partial charge in [0.1, 0.15) is 6.54 Å². The largest absolute Gasteiger partial charge is 0.481 e. The number of carboxylic acids is 1. The molecule has 1 aromatic rings. The number of hydrogen-bond acceptors (Lipinski definition) is 3. The fourth-order valence-corrected chi connectivity index (χ4v) is 2.51. The second kappa shape index (κ2) is 4.74. The van der Waals surface area contributed by atoms with E-state index in [1.807, 2.05) is 0 Å². The first-order valence-corrected chi connectivity index (χ1v) is 6.15. The Morgan fingerprint density at radius 1 is 1.43 bits per heavy atom. The number of aromatic nitrogens is 2. The van der Waals surface area contributed by atoms with Gasteiger partial charge in [0.15, 0.2) is 0 Å². The number of carboxylic acid groups (broad SMARTS) is 1. The first kappa shape index (κ1) is 15.3.